The fourth-order valence-corrected chi connectivity index (χ4v) is 2.57. The van der Waals surface area contributed by atoms with Gasteiger partial charge in [-0.3, -0.25) is 0 Å². The molecule has 0 aliphatic heterocycles. The van der Waals surface area contributed by atoms with E-state index in [-0.39, 0.29) is 20.4 Å². The molecule has 2 heteroatoms. The normalized spacial score (nSPS) is 9.82. The van der Waals surface area contributed by atoms with Crippen LogP contribution in [0.5, 0.6) is 0 Å². The Balaban J connectivity index is 2.46. The third-order valence-corrected chi connectivity index (χ3v) is 3.18. The first kappa shape index (κ1) is 7.09. The van der Waals surface area contributed by atoms with E-state index < -0.39 is 0 Å². The zero-order chi connectivity index (χ0) is 7.52. The van der Waals surface area contributed by atoms with Crippen LogP contribution >= 0.6 is 0 Å². The molecule has 1 aromatic heterocycles. The Hall–Kier alpha value is -0.580. The van der Waals surface area contributed by atoms with E-state index in [0.717, 1.165) is 5.69 Å². The molecular formula is C9H7NTe. The number of benzene rings is 1. The van der Waals surface area contributed by atoms with Gasteiger partial charge in [-0.1, -0.05) is 0 Å². The molecule has 0 bridgehead atoms. The average Bonchev–Trinajstić information content (AvgIpc) is 2.58. The summed E-state index contributed by atoms with van der Waals surface area (Å²) < 4.78 is 4.33. The van der Waals surface area contributed by atoms with Gasteiger partial charge in [0.25, 0.3) is 0 Å². The fourth-order valence-electron chi connectivity index (χ4n) is 0.964. The van der Waals surface area contributed by atoms with E-state index in [1.807, 2.05) is 18.2 Å². The third-order valence-electron chi connectivity index (χ3n) is 1.50. The van der Waals surface area contributed by atoms with Crippen molar-refractivity contribution in [2.75, 3.05) is 0 Å². The maximum atomic E-state index is 4.30. The Morgan fingerprint density at radius 3 is 2.55 bits per heavy atom. The monoisotopic (exact) mass is 259 g/mol. The topological polar surface area (TPSA) is 12.9 Å². The summed E-state index contributed by atoms with van der Waals surface area (Å²) in [7, 11) is 0. The van der Waals surface area contributed by atoms with Crippen molar-refractivity contribution in [1.29, 1.82) is 0 Å². The van der Waals surface area contributed by atoms with E-state index in [0.29, 0.717) is 0 Å². The minimum absolute atomic E-state index is 0.0327. The van der Waals surface area contributed by atoms with Crippen LogP contribution in [0.3, 0.4) is 0 Å². The first-order valence-electron chi connectivity index (χ1n) is 3.40. The van der Waals surface area contributed by atoms with Crippen molar-refractivity contribution < 1.29 is 0 Å². The molecule has 0 radical (unpaired) electrons. The SMILES string of the molecule is c1ccc(-c2c[te]cn2)cc1. The summed E-state index contributed by atoms with van der Waals surface area (Å²) in [5.74, 6) is 0. The Morgan fingerprint density at radius 1 is 1.09 bits per heavy atom. The number of rotatable bonds is 1. The van der Waals surface area contributed by atoms with Gasteiger partial charge < -0.3 is 0 Å². The summed E-state index contributed by atoms with van der Waals surface area (Å²) in [6, 6.07) is 10.3. The van der Waals surface area contributed by atoms with Crippen LogP contribution in [-0.4, -0.2) is 25.4 Å². The third kappa shape index (κ3) is 1.53. The van der Waals surface area contributed by atoms with E-state index in [2.05, 4.69) is 25.4 Å². The Morgan fingerprint density at radius 2 is 1.91 bits per heavy atom. The van der Waals surface area contributed by atoms with Crippen LogP contribution in [0.2, 0.25) is 0 Å². The Bertz CT molecular complexity index is 313. The molecule has 1 heterocycles. The molecule has 0 N–H and O–H groups in total. The molecule has 0 saturated heterocycles. The first-order chi connectivity index (χ1) is 5.47. The van der Waals surface area contributed by atoms with Gasteiger partial charge in [-0.05, 0) is 0 Å². The quantitative estimate of drug-likeness (QED) is 0.710. The van der Waals surface area contributed by atoms with Crippen molar-refractivity contribution >= 4 is 20.4 Å². The van der Waals surface area contributed by atoms with Crippen molar-refractivity contribution in [2.45, 2.75) is 0 Å². The number of hydrogen-bond donors (Lipinski definition) is 0. The maximum absolute atomic E-state index is 4.30. The van der Waals surface area contributed by atoms with Gasteiger partial charge in [0.05, 0.1) is 0 Å². The fraction of sp³-hybridized carbons (Fsp3) is 0. The van der Waals surface area contributed by atoms with Crippen molar-refractivity contribution in [3.8, 4) is 11.3 Å². The van der Waals surface area contributed by atoms with Gasteiger partial charge in [-0.2, -0.15) is 0 Å². The summed E-state index contributed by atoms with van der Waals surface area (Å²) in [6.45, 7) is 0. The van der Waals surface area contributed by atoms with Gasteiger partial charge in [0.2, 0.25) is 0 Å². The molecule has 0 aliphatic carbocycles. The first-order valence-corrected chi connectivity index (χ1v) is 6.09. The van der Waals surface area contributed by atoms with Crippen LogP contribution in [0.25, 0.3) is 11.3 Å². The standard InChI is InChI=1S/C9H7NTe/c1-2-4-8(5-3-1)9-6-11-7-10-9/h1-7H. The zero-order valence-corrected chi connectivity index (χ0v) is 8.23. The van der Waals surface area contributed by atoms with Crippen LogP contribution in [-0.2, 0) is 0 Å². The van der Waals surface area contributed by atoms with Crippen LogP contribution < -0.4 is 0 Å². The summed E-state index contributed by atoms with van der Waals surface area (Å²) in [6.07, 6.45) is 0. The zero-order valence-electron chi connectivity index (χ0n) is 5.90. The molecule has 0 saturated carbocycles. The predicted molar refractivity (Wildman–Crippen MR) is 46.6 cm³/mol. The van der Waals surface area contributed by atoms with Crippen molar-refractivity contribution in [1.82, 2.24) is 4.98 Å². The molecule has 1 nitrogen and oxygen atoms in total. The van der Waals surface area contributed by atoms with Crippen molar-refractivity contribution in [3.05, 3.63) is 38.6 Å². The van der Waals surface area contributed by atoms with E-state index >= 15 is 0 Å². The van der Waals surface area contributed by atoms with Crippen LogP contribution in [0.4, 0.5) is 0 Å². The van der Waals surface area contributed by atoms with Gasteiger partial charge in [0.15, 0.2) is 0 Å². The van der Waals surface area contributed by atoms with Gasteiger partial charge in [0.1, 0.15) is 0 Å². The summed E-state index contributed by atoms with van der Waals surface area (Å²) >= 11 is -0.0327. The van der Waals surface area contributed by atoms with E-state index in [9.17, 15) is 0 Å². The van der Waals surface area contributed by atoms with Crippen LogP contribution in [0, 0.1) is 0 Å². The molecule has 0 fully saturated rings. The molecule has 0 amide bonds. The van der Waals surface area contributed by atoms with Gasteiger partial charge >= 0.3 is 75.3 Å². The number of aromatic nitrogens is 1. The van der Waals surface area contributed by atoms with E-state index in [4.69, 9.17) is 0 Å². The second-order valence-electron chi connectivity index (χ2n) is 2.24. The Kier molecular flexibility index (Phi) is 2.07. The summed E-state index contributed by atoms with van der Waals surface area (Å²) in [4.78, 5) is 4.30. The number of hydrogen-bond acceptors (Lipinski definition) is 1. The average molecular weight is 257 g/mol. The summed E-state index contributed by atoms with van der Waals surface area (Å²) in [5.41, 5.74) is 2.40. The second-order valence-corrected chi connectivity index (χ2v) is 4.29. The molecule has 2 aromatic rings. The molecule has 2 rings (SSSR count). The van der Waals surface area contributed by atoms with E-state index in [1.54, 1.807) is 0 Å². The predicted octanol–water partition coefficient (Wildman–Crippen LogP) is 1.81. The van der Waals surface area contributed by atoms with Crippen LogP contribution in [0.1, 0.15) is 0 Å². The Labute approximate surface area is 75.3 Å². The van der Waals surface area contributed by atoms with Gasteiger partial charge in [-0.15, -0.1) is 0 Å². The van der Waals surface area contributed by atoms with Crippen molar-refractivity contribution in [3.63, 3.8) is 0 Å². The van der Waals surface area contributed by atoms with Gasteiger partial charge in [-0.25, -0.2) is 0 Å². The molecule has 54 valence electrons. The van der Waals surface area contributed by atoms with E-state index in [1.165, 1.54) is 5.56 Å². The molecule has 0 spiro atoms. The molecule has 1 aromatic carbocycles. The van der Waals surface area contributed by atoms with Crippen LogP contribution in [0.15, 0.2) is 38.6 Å². The molecule has 11 heavy (non-hydrogen) atoms. The molecule has 0 unspecified atom stereocenters. The van der Waals surface area contributed by atoms with Crippen molar-refractivity contribution in [2.24, 2.45) is 0 Å². The van der Waals surface area contributed by atoms with Gasteiger partial charge in [0, 0.05) is 0 Å². The molecule has 0 aliphatic rings. The molecule has 0 atom stereocenters. The number of nitrogens with zero attached hydrogens (tertiary/aromatic N) is 1. The minimum atomic E-state index is -0.0327. The summed E-state index contributed by atoms with van der Waals surface area (Å²) in [5, 5.41) is 0. The second kappa shape index (κ2) is 3.21. The molecular weight excluding hydrogens is 250 g/mol.